The molecule has 1 amide bonds. The number of hydrogen-bond donors (Lipinski definition) is 2. The van der Waals surface area contributed by atoms with Crippen LogP contribution in [0.5, 0.6) is 0 Å². The molecule has 0 aliphatic heterocycles. The molecule has 1 aliphatic rings. The molecule has 0 bridgehead atoms. The van der Waals surface area contributed by atoms with Gasteiger partial charge in [0.15, 0.2) is 0 Å². The molecule has 1 fully saturated rings. The Hall–Kier alpha value is -2.28. The van der Waals surface area contributed by atoms with Crippen molar-refractivity contribution in [2.24, 2.45) is 0 Å². The lowest BCUT2D eigenvalue weighted by molar-refractivity contribution is -0.117. The van der Waals surface area contributed by atoms with E-state index in [2.05, 4.69) is 10.6 Å². The molecule has 1 saturated carbocycles. The molecule has 0 radical (unpaired) electrons. The molecule has 1 aromatic carbocycles. The van der Waals surface area contributed by atoms with E-state index in [1.54, 1.807) is 0 Å². The van der Waals surface area contributed by atoms with Gasteiger partial charge in [0.1, 0.15) is 11.6 Å². The monoisotopic (exact) mass is 283 g/mol. The minimum Gasteiger partial charge on any atom is -0.386 e. The van der Waals surface area contributed by atoms with Crippen molar-refractivity contribution in [3.63, 3.8) is 0 Å². The van der Waals surface area contributed by atoms with E-state index in [1.165, 1.54) is 11.8 Å². The summed E-state index contributed by atoms with van der Waals surface area (Å²) in [6.07, 6.45) is 5.84. The van der Waals surface area contributed by atoms with E-state index in [0.29, 0.717) is 6.54 Å². The number of carbonyl (C=O) groups excluding carboxylic acids is 1. The first kappa shape index (κ1) is 15.1. The second-order valence-electron chi connectivity index (χ2n) is 5.49. The summed E-state index contributed by atoms with van der Waals surface area (Å²) in [6.45, 7) is 2.64. The fourth-order valence-corrected chi connectivity index (χ4v) is 2.46. The molecule has 2 rings (SSSR count). The molecular formula is C17H21N3O. The van der Waals surface area contributed by atoms with Crippen LogP contribution in [0.15, 0.2) is 36.0 Å². The van der Waals surface area contributed by atoms with Crippen LogP contribution in [-0.4, -0.2) is 11.9 Å². The average molecular weight is 283 g/mol. The van der Waals surface area contributed by atoms with Crippen LogP contribution >= 0.6 is 0 Å². The molecule has 0 spiro atoms. The van der Waals surface area contributed by atoms with Crippen molar-refractivity contribution in [2.75, 3.05) is 0 Å². The first-order valence-corrected chi connectivity index (χ1v) is 7.39. The highest BCUT2D eigenvalue weighted by molar-refractivity contribution is 5.97. The quantitative estimate of drug-likeness (QED) is 0.644. The number of nitriles is 1. The third-order valence-electron chi connectivity index (χ3n) is 3.73. The lowest BCUT2D eigenvalue weighted by Gasteiger charge is -2.11. The van der Waals surface area contributed by atoms with Gasteiger partial charge in [0.25, 0.3) is 5.91 Å². The molecule has 0 aromatic heterocycles. The Balaban J connectivity index is 1.86. The highest BCUT2D eigenvalue weighted by atomic mass is 16.1. The molecule has 4 nitrogen and oxygen atoms in total. The van der Waals surface area contributed by atoms with Crippen LogP contribution in [0, 0.1) is 18.3 Å². The van der Waals surface area contributed by atoms with Crippen molar-refractivity contribution in [2.45, 2.75) is 45.2 Å². The SMILES string of the molecule is Cc1ccc(CN/C=C(/C#N)C(=O)NC2CCCC2)cc1. The van der Waals surface area contributed by atoms with E-state index in [9.17, 15) is 4.79 Å². The Labute approximate surface area is 125 Å². The predicted molar refractivity (Wildman–Crippen MR) is 82.1 cm³/mol. The van der Waals surface area contributed by atoms with E-state index < -0.39 is 0 Å². The van der Waals surface area contributed by atoms with Crippen LogP contribution in [0.2, 0.25) is 0 Å². The standard InChI is InChI=1S/C17H21N3O/c1-13-6-8-14(9-7-13)11-19-12-15(10-18)17(21)20-16-4-2-3-5-16/h6-9,12,16,19H,2-5,11H2,1H3,(H,20,21)/b15-12-. The zero-order valence-electron chi connectivity index (χ0n) is 12.4. The Morgan fingerprint density at radius 1 is 1.33 bits per heavy atom. The normalized spacial score (nSPS) is 15.5. The van der Waals surface area contributed by atoms with E-state index in [-0.39, 0.29) is 17.5 Å². The van der Waals surface area contributed by atoms with Gasteiger partial charge in [-0.3, -0.25) is 4.79 Å². The number of nitrogens with one attached hydrogen (secondary N) is 2. The summed E-state index contributed by atoms with van der Waals surface area (Å²) in [4.78, 5) is 12.0. The topological polar surface area (TPSA) is 64.9 Å². The summed E-state index contributed by atoms with van der Waals surface area (Å²) < 4.78 is 0. The van der Waals surface area contributed by atoms with Crippen LogP contribution in [0.25, 0.3) is 0 Å². The Kier molecular flexibility index (Phi) is 5.39. The predicted octanol–water partition coefficient (Wildman–Crippen LogP) is 2.55. The van der Waals surface area contributed by atoms with Crippen molar-refractivity contribution < 1.29 is 4.79 Å². The lowest BCUT2D eigenvalue weighted by atomic mass is 10.1. The van der Waals surface area contributed by atoms with E-state index in [4.69, 9.17) is 5.26 Å². The number of aryl methyl sites for hydroxylation is 1. The Bertz CT molecular complexity index is 548. The highest BCUT2D eigenvalue weighted by Crippen LogP contribution is 2.17. The summed E-state index contributed by atoms with van der Waals surface area (Å²) in [5.41, 5.74) is 2.46. The van der Waals surface area contributed by atoms with Crippen LogP contribution in [0.3, 0.4) is 0 Å². The van der Waals surface area contributed by atoms with Crippen molar-refractivity contribution in [3.05, 3.63) is 47.2 Å². The molecule has 2 N–H and O–H groups in total. The molecule has 110 valence electrons. The van der Waals surface area contributed by atoms with Crippen LogP contribution in [-0.2, 0) is 11.3 Å². The molecule has 1 aliphatic carbocycles. The number of hydrogen-bond acceptors (Lipinski definition) is 3. The number of rotatable bonds is 5. The minimum absolute atomic E-state index is 0.133. The van der Waals surface area contributed by atoms with Crippen LogP contribution < -0.4 is 10.6 Å². The maximum atomic E-state index is 12.0. The van der Waals surface area contributed by atoms with Crippen molar-refractivity contribution >= 4 is 5.91 Å². The fraction of sp³-hybridized carbons (Fsp3) is 0.412. The summed E-state index contributed by atoms with van der Waals surface area (Å²) >= 11 is 0. The number of nitrogens with zero attached hydrogens (tertiary/aromatic N) is 1. The van der Waals surface area contributed by atoms with Gasteiger partial charge in [-0.2, -0.15) is 5.26 Å². The molecule has 4 heteroatoms. The molecule has 0 heterocycles. The average Bonchev–Trinajstić information content (AvgIpc) is 2.98. The first-order valence-electron chi connectivity index (χ1n) is 7.39. The van der Waals surface area contributed by atoms with Crippen molar-refractivity contribution in [1.29, 1.82) is 5.26 Å². The molecule has 1 aromatic rings. The zero-order chi connectivity index (χ0) is 15.1. The largest absolute Gasteiger partial charge is 0.386 e. The third-order valence-corrected chi connectivity index (χ3v) is 3.73. The van der Waals surface area contributed by atoms with Gasteiger partial charge in [-0.1, -0.05) is 42.7 Å². The smallest absolute Gasteiger partial charge is 0.263 e. The number of amides is 1. The Morgan fingerprint density at radius 3 is 2.62 bits per heavy atom. The van der Waals surface area contributed by atoms with E-state index in [0.717, 1.165) is 31.2 Å². The molecule has 0 atom stereocenters. The molecule has 0 saturated heterocycles. The summed E-state index contributed by atoms with van der Waals surface area (Å²) in [7, 11) is 0. The summed E-state index contributed by atoms with van der Waals surface area (Å²) in [6, 6.07) is 10.3. The van der Waals surface area contributed by atoms with Gasteiger partial charge >= 0.3 is 0 Å². The lowest BCUT2D eigenvalue weighted by Crippen LogP contribution is -2.33. The first-order chi connectivity index (χ1) is 10.2. The van der Waals surface area contributed by atoms with E-state index >= 15 is 0 Å². The molecule has 0 unspecified atom stereocenters. The van der Waals surface area contributed by atoms with Gasteiger partial charge in [0.2, 0.25) is 0 Å². The van der Waals surface area contributed by atoms with E-state index in [1.807, 2.05) is 37.3 Å². The summed E-state index contributed by atoms with van der Waals surface area (Å²) in [5, 5.41) is 15.0. The fourth-order valence-electron chi connectivity index (χ4n) is 2.46. The Morgan fingerprint density at radius 2 is 2.00 bits per heavy atom. The third kappa shape index (κ3) is 4.64. The summed E-state index contributed by atoms with van der Waals surface area (Å²) in [5.74, 6) is -0.277. The van der Waals surface area contributed by atoms with Gasteiger partial charge in [-0.25, -0.2) is 0 Å². The minimum atomic E-state index is -0.277. The van der Waals surface area contributed by atoms with Gasteiger partial charge in [0.05, 0.1) is 0 Å². The van der Waals surface area contributed by atoms with Gasteiger partial charge in [0, 0.05) is 18.8 Å². The second kappa shape index (κ2) is 7.49. The van der Waals surface area contributed by atoms with Crippen LogP contribution in [0.1, 0.15) is 36.8 Å². The van der Waals surface area contributed by atoms with Gasteiger partial charge in [-0.05, 0) is 25.3 Å². The maximum absolute atomic E-state index is 12.0. The van der Waals surface area contributed by atoms with Crippen molar-refractivity contribution in [1.82, 2.24) is 10.6 Å². The number of benzene rings is 1. The zero-order valence-corrected chi connectivity index (χ0v) is 12.4. The maximum Gasteiger partial charge on any atom is 0.263 e. The molecule has 21 heavy (non-hydrogen) atoms. The van der Waals surface area contributed by atoms with Crippen molar-refractivity contribution in [3.8, 4) is 6.07 Å². The van der Waals surface area contributed by atoms with Gasteiger partial charge < -0.3 is 10.6 Å². The number of carbonyl (C=O) groups is 1. The highest BCUT2D eigenvalue weighted by Gasteiger charge is 2.19. The second-order valence-corrected chi connectivity index (χ2v) is 5.49. The molecular weight excluding hydrogens is 262 g/mol. The van der Waals surface area contributed by atoms with Crippen LogP contribution in [0.4, 0.5) is 0 Å². The van der Waals surface area contributed by atoms with Gasteiger partial charge in [-0.15, -0.1) is 0 Å².